The summed E-state index contributed by atoms with van der Waals surface area (Å²) in [6.45, 7) is 7.64. The number of aliphatic hydroxyl groups is 1. The molecule has 1 spiro atoms. The summed E-state index contributed by atoms with van der Waals surface area (Å²) in [4.78, 5) is 28.4. The van der Waals surface area contributed by atoms with Gasteiger partial charge in [-0.3, -0.25) is 9.59 Å². The molecule has 0 unspecified atom stereocenters. The van der Waals surface area contributed by atoms with Gasteiger partial charge in [-0.05, 0) is 33.6 Å². The summed E-state index contributed by atoms with van der Waals surface area (Å²) in [6, 6.07) is -0.884. The standard InChI is InChI=1S/C18H28N4O4/c1-11-14(13(3)26-20-11)9-22-10-18(8-15(22)24)4-6-21(7-5-18)17(25)16(19)12(2)23/h12,16,23H,4-10,19H2,1-3H3/t12-,16+/m1/s1. The largest absolute Gasteiger partial charge is 0.391 e. The first kappa shape index (κ1) is 18.8. The number of aliphatic hydroxyl groups excluding tert-OH is 1. The number of aromatic nitrogens is 1. The highest BCUT2D eigenvalue weighted by molar-refractivity contribution is 5.83. The third-order valence-electron chi connectivity index (χ3n) is 5.88. The molecule has 26 heavy (non-hydrogen) atoms. The van der Waals surface area contributed by atoms with Crippen molar-refractivity contribution in [1.82, 2.24) is 15.0 Å². The van der Waals surface area contributed by atoms with Gasteiger partial charge in [-0.15, -0.1) is 0 Å². The maximum absolute atomic E-state index is 12.6. The third kappa shape index (κ3) is 3.48. The van der Waals surface area contributed by atoms with Gasteiger partial charge in [0.1, 0.15) is 11.8 Å². The molecule has 2 fully saturated rings. The molecule has 8 heteroatoms. The van der Waals surface area contributed by atoms with Gasteiger partial charge in [0.05, 0.1) is 18.3 Å². The van der Waals surface area contributed by atoms with E-state index in [1.54, 1.807) is 4.90 Å². The molecule has 2 saturated heterocycles. The summed E-state index contributed by atoms with van der Waals surface area (Å²) in [5.41, 5.74) is 7.48. The first-order valence-corrected chi connectivity index (χ1v) is 9.14. The molecular formula is C18H28N4O4. The Hall–Kier alpha value is -1.93. The number of nitrogens with zero attached hydrogens (tertiary/aromatic N) is 3. The molecule has 2 atom stereocenters. The zero-order valence-corrected chi connectivity index (χ0v) is 15.7. The second-order valence-corrected chi connectivity index (χ2v) is 7.82. The van der Waals surface area contributed by atoms with E-state index in [2.05, 4.69) is 5.16 Å². The van der Waals surface area contributed by atoms with Gasteiger partial charge in [0.15, 0.2) is 0 Å². The van der Waals surface area contributed by atoms with Crippen LogP contribution in [0.3, 0.4) is 0 Å². The molecule has 3 rings (SSSR count). The highest BCUT2D eigenvalue weighted by Gasteiger charge is 2.46. The molecular weight excluding hydrogens is 336 g/mol. The van der Waals surface area contributed by atoms with Crippen LogP contribution in [0.15, 0.2) is 4.52 Å². The summed E-state index contributed by atoms with van der Waals surface area (Å²) in [6.07, 6.45) is 1.20. The monoisotopic (exact) mass is 364 g/mol. The lowest BCUT2D eigenvalue weighted by Crippen LogP contribution is -2.53. The molecule has 0 aliphatic carbocycles. The summed E-state index contributed by atoms with van der Waals surface area (Å²) >= 11 is 0. The van der Waals surface area contributed by atoms with Crippen molar-refractivity contribution in [2.75, 3.05) is 19.6 Å². The Kier molecular flexibility index (Phi) is 5.07. The fourth-order valence-electron chi connectivity index (χ4n) is 4.00. The van der Waals surface area contributed by atoms with E-state index < -0.39 is 12.1 Å². The Morgan fingerprint density at radius 2 is 2.04 bits per heavy atom. The van der Waals surface area contributed by atoms with Crippen LogP contribution in [0.25, 0.3) is 0 Å². The molecule has 8 nitrogen and oxygen atoms in total. The van der Waals surface area contributed by atoms with Crippen molar-refractivity contribution in [3.05, 3.63) is 17.0 Å². The van der Waals surface area contributed by atoms with Gasteiger partial charge in [0, 0.05) is 37.0 Å². The number of nitrogens with two attached hydrogens (primary N) is 1. The molecule has 2 aliphatic heterocycles. The van der Waals surface area contributed by atoms with E-state index in [4.69, 9.17) is 10.3 Å². The van der Waals surface area contributed by atoms with Crippen molar-refractivity contribution in [2.24, 2.45) is 11.1 Å². The Bertz CT molecular complexity index is 672. The van der Waals surface area contributed by atoms with Crippen LogP contribution >= 0.6 is 0 Å². The number of likely N-dealkylation sites (tertiary alicyclic amines) is 2. The van der Waals surface area contributed by atoms with Gasteiger partial charge < -0.3 is 25.2 Å². The molecule has 0 radical (unpaired) electrons. The first-order valence-electron chi connectivity index (χ1n) is 9.14. The number of rotatable bonds is 4. The first-order chi connectivity index (χ1) is 12.2. The van der Waals surface area contributed by atoms with Gasteiger partial charge in [-0.2, -0.15) is 0 Å². The number of carbonyl (C=O) groups is 2. The quantitative estimate of drug-likeness (QED) is 0.797. The second kappa shape index (κ2) is 7.00. The number of aryl methyl sites for hydroxylation is 2. The Labute approximate surface area is 153 Å². The van der Waals surface area contributed by atoms with Crippen LogP contribution < -0.4 is 5.73 Å². The van der Waals surface area contributed by atoms with Crippen LogP contribution in [-0.4, -0.2) is 63.7 Å². The lowest BCUT2D eigenvalue weighted by atomic mass is 9.77. The van der Waals surface area contributed by atoms with Crippen molar-refractivity contribution in [3.63, 3.8) is 0 Å². The fraction of sp³-hybridized carbons (Fsp3) is 0.722. The lowest BCUT2D eigenvalue weighted by molar-refractivity contribution is -0.137. The number of hydrogen-bond donors (Lipinski definition) is 2. The summed E-state index contributed by atoms with van der Waals surface area (Å²) in [7, 11) is 0. The Morgan fingerprint density at radius 3 is 2.58 bits per heavy atom. The van der Waals surface area contributed by atoms with E-state index >= 15 is 0 Å². The van der Waals surface area contributed by atoms with Gasteiger partial charge >= 0.3 is 0 Å². The maximum atomic E-state index is 12.6. The predicted molar refractivity (Wildman–Crippen MR) is 93.9 cm³/mol. The predicted octanol–water partition coefficient (Wildman–Crippen LogP) is 0.341. The number of carbonyl (C=O) groups excluding carboxylic acids is 2. The molecule has 0 aromatic carbocycles. The lowest BCUT2D eigenvalue weighted by Gasteiger charge is -2.39. The van der Waals surface area contributed by atoms with Gasteiger partial charge in [-0.1, -0.05) is 5.16 Å². The van der Waals surface area contributed by atoms with Gasteiger partial charge in [0.2, 0.25) is 11.8 Å². The van der Waals surface area contributed by atoms with Crippen molar-refractivity contribution >= 4 is 11.8 Å². The average Bonchev–Trinajstić information content (AvgIpc) is 3.08. The molecule has 1 aromatic rings. The minimum Gasteiger partial charge on any atom is -0.391 e. The highest BCUT2D eigenvalue weighted by atomic mass is 16.5. The van der Waals surface area contributed by atoms with E-state index in [0.29, 0.717) is 32.6 Å². The molecule has 2 amide bonds. The number of hydrogen-bond acceptors (Lipinski definition) is 6. The van der Waals surface area contributed by atoms with Gasteiger partial charge in [-0.25, -0.2) is 0 Å². The van der Waals surface area contributed by atoms with E-state index in [1.807, 2.05) is 18.7 Å². The molecule has 0 saturated carbocycles. The van der Waals surface area contributed by atoms with Crippen molar-refractivity contribution in [3.8, 4) is 0 Å². The summed E-state index contributed by atoms with van der Waals surface area (Å²) < 4.78 is 5.20. The van der Waals surface area contributed by atoms with E-state index in [9.17, 15) is 14.7 Å². The summed E-state index contributed by atoms with van der Waals surface area (Å²) in [5.74, 6) is 0.681. The molecule has 1 aromatic heterocycles. The van der Waals surface area contributed by atoms with E-state index in [0.717, 1.165) is 29.9 Å². The van der Waals surface area contributed by atoms with Crippen molar-refractivity contribution < 1.29 is 19.2 Å². The van der Waals surface area contributed by atoms with Crippen LogP contribution in [0.5, 0.6) is 0 Å². The van der Waals surface area contributed by atoms with E-state index in [-0.39, 0.29) is 17.2 Å². The van der Waals surface area contributed by atoms with Crippen LogP contribution in [0, 0.1) is 19.3 Å². The normalized spacial score (nSPS) is 22.1. The Balaban J connectivity index is 1.61. The zero-order chi connectivity index (χ0) is 19.1. The minimum atomic E-state index is -0.884. The second-order valence-electron chi connectivity index (χ2n) is 7.82. The van der Waals surface area contributed by atoms with Crippen LogP contribution in [0.2, 0.25) is 0 Å². The van der Waals surface area contributed by atoms with Crippen LogP contribution in [0.1, 0.15) is 43.2 Å². The molecule has 2 aliphatic rings. The summed E-state index contributed by atoms with van der Waals surface area (Å²) in [5, 5.41) is 13.5. The average molecular weight is 364 g/mol. The van der Waals surface area contributed by atoms with Crippen molar-refractivity contribution in [2.45, 2.75) is 58.7 Å². The molecule has 3 heterocycles. The number of piperidine rings is 1. The fourth-order valence-corrected chi connectivity index (χ4v) is 4.00. The minimum absolute atomic E-state index is 0.0816. The van der Waals surface area contributed by atoms with Crippen LogP contribution in [-0.2, 0) is 16.1 Å². The highest BCUT2D eigenvalue weighted by Crippen LogP contribution is 2.41. The number of amides is 2. The van der Waals surface area contributed by atoms with Crippen LogP contribution in [0.4, 0.5) is 0 Å². The van der Waals surface area contributed by atoms with E-state index in [1.165, 1.54) is 6.92 Å². The molecule has 0 bridgehead atoms. The maximum Gasteiger partial charge on any atom is 0.242 e. The van der Waals surface area contributed by atoms with Gasteiger partial charge in [0.25, 0.3) is 0 Å². The molecule has 144 valence electrons. The van der Waals surface area contributed by atoms with Crippen molar-refractivity contribution in [1.29, 1.82) is 0 Å². The SMILES string of the molecule is Cc1noc(C)c1CN1CC2(CCN(C(=O)[C@@H](N)[C@@H](C)O)CC2)CC1=O. The topological polar surface area (TPSA) is 113 Å². The zero-order valence-electron chi connectivity index (χ0n) is 15.7. The Morgan fingerprint density at radius 1 is 1.38 bits per heavy atom. The smallest absolute Gasteiger partial charge is 0.242 e. The third-order valence-corrected chi connectivity index (χ3v) is 5.88. The molecule has 3 N–H and O–H groups in total.